The molecule has 2 N–H and O–H groups in total. The van der Waals surface area contributed by atoms with Gasteiger partial charge in [0.15, 0.2) is 0 Å². The second kappa shape index (κ2) is 5.67. The Bertz CT molecular complexity index is 551. The van der Waals surface area contributed by atoms with Crippen LogP contribution in [0.1, 0.15) is 17.5 Å². The molecule has 5 nitrogen and oxygen atoms in total. The van der Waals surface area contributed by atoms with E-state index >= 15 is 0 Å². The van der Waals surface area contributed by atoms with E-state index in [2.05, 4.69) is 5.16 Å². The molecule has 2 rings (SSSR count). The van der Waals surface area contributed by atoms with E-state index in [0.717, 1.165) is 5.56 Å². The molecule has 0 radical (unpaired) electrons. The average Bonchev–Trinajstić information content (AvgIpc) is 2.95. The molecule has 1 aromatic carbocycles. The molecule has 0 aliphatic carbocycles. The summed E-state index contributed by atoms with van der Waals surface area (Å²) in [6, 6.07) is 11.2. The first-order valence-electron chi connectivity index (χ1n) is 6.13. The average molecular weight is 259 g/mol. The highest BCUT2D eigenvalue weighted by Gasteiger charge is 2.21. The summed E-state index contributed by atoms with van der Waals surface area (Å²) in [4.78, 5) is 13.7. The van der Waals surface area contributed by atoms with Crippen LogP contribution in [0.25, 0.3) is 11.3 Å². The monoisotopic (exact) mass is 259 g/mol. The zero-order valence-corrected chi connectivity index (χ0v) is 11.0. The molecule has 19 heavy (non-hydrogen) atoms. The summed E-state index contributed by atoms with van der Waals surface area (Å²) < 4.78 is 5.11. The molecule has 1 unspecified atom stereocenters. The molecule has 1 amide bonds. The lowest BCUT2D eigenvalue weighted by molar-refractivity contribution is 0.0706. The molecule has 5 heteroatoms. The van der Waals surface area contributed by atoms with Crippen LogP contribution in [0.4, 0.5) is 0 Å². The quantitative estimate of drug-likeness (QED) is 0.908. The molecule has 1 aromatic heterocycles. The fourth-order valence-corrected chi connectivity index (χ4v) is 1.65. The van der Waals surface area contributed by atoms with E-state index in [1.165, 1.54) is 0 Å². The first kappa shape index (κ1) is 13.3. The van der Waals surface area contributed by atoms with Crippen LogP contribution in [0.15, 0.2) is 40.9 Å². The zero-order chi connectivity index (χ0) is 13.8. The predicted octanol–water partition coefficient (Wildman–Crippen LogP) is 1.76. The van der Waals surface area contributed by atoms with Crippen molar-refractivity contribution in [2.45, 2.75) is 13.0 Å². The Morgan fingerprint density at radius 3 is 2.74 bits per heavy atom. The third-order valence-electron chi connectivity index (χ3n) is 3.11. The van der Waals surface area contributed by atoms with E-state index in [9.17, 15) is 4.79 Å². The van der Waals surface area contributed by atoms with Gasteiger partial charge < -0.3 is 15.2 Å². The van der Waals surface area contributed by atoms with Crippen LogP contribution in [0, 0.1) is 0 Å². The smallest absolute Gasteiger partial charge is 0.292 e. The SMILES string of the molecule is CC(CN)N(C)C(=O)c1cc(-c2ccccc2)no1. The molecule has 0 saturated heterocycles. The van der Waals surface area contributed by atoms with E-state index < -0.39 is 0 Å². The highest BCUT2D eigenvalue weighted by Crippen LogP contribution is 2.19. The Morgan fingerprint density at radius 1 is 1.42 bits per heavy atom. The van der Waals surface area contributed by atoms with Crippen LogP contribution < -0.4 is 5.73 Å². The lowest BCUT2D eigenvalue weighted by atomic mass is 10.1. The normalized spacial score (nSPS) is 12.2. The van der Waals surface area contributed by atoms with Gasteiger partial charge in [-0.2, -0.15) is 0 Å². The van der Waals surface area contributed by atoms with Gasteiger partial charge in [0, 0.05) is 31.3 Å². The Morgan fingerprint density at radius 2 is 2.11 bits per heavy atom. The molecule has 0 aliphatic heterocycles. The molecular weight excluding hydrogens is 242 g/mol. The van der Waals surface area contributed by atoms with Gasteiger partial charge in [0.1, 0.15) is 5.69 Å². The zero-order valence-electron chi connectivity index (χ0n) is 11.0. The Kier molecular flexibility index (Phi) is 3.97. The number of carbonyl (C=O) groups is 1. The number of hydrogen-bond donors (Lipinski definition) is 1. The molecule has 0 aliphatic rings. The molecule has 0 saturated carbocycles. The summed E-state index contributed by atoms with van der Waals surface area (Å²) in [5.74, 6) is 0.00860. The van der Waals surface area contributed by atoms with Crippen molar-refractivity contribution >= 4 is 5.91 Å². The van der Waals surface area contributed by atoms with E-state index in [0.29, 0.717) is 12.2 Å². The number of benzene rings is 1. The van der Waals surface area contributed by atoms with E-state index in [4.69, 9.17) is 10.3 Å². The van der Waals surface area contributed by atoms with Crippen LogP contribution in [-0.2, 0) is 0 Å². The highest BCUT2D eigenvalue weighted by molar-refractivity contribution is 5.92. The van der Waals surface area contributed by atoms with Crippen LogP contribution in [0.5, 0.6) is 0 Å². The molecule has 1 heterocycles. The van der Waals surface area contributed by atoms with Gasteiger partial charge in [0.05, 0.1) is 0 Å². The van der Waals surface area contributed by atoms with E-state index in [-0.39, 0.29) is 17.7 Å². The molecule has 1 atom stereocenters. The summed E-state index contributed by atoms with van der Waals surface area (Å²) in [6.07, 6.45) is 0. The van der Waals surface area contributed by atoms with Gasteiger partial charge in [-0.25, -0.2) is 0 Å². The van der Waals surface area contributed by atoms with Gasteiger partial charge in [-0.15, -0.1) is 0 Å². The Hall–Kier alpha value is -2.14. The lowest BCUT2D eigenvalue weighted by Gasteiger charge is -2.21. The van der Waals surface area contributed by atoms with Crippen molar-refractivity contribution in [2.75, 3.05) is 13.6 Å². The largest absolute Gasteiger partial charge is 0.350 e. The van der Waals surface area contributed by atoms with Crippen LogP contribution in [0.2, 0.25) is 0 Å². The molecule has 2 aromatic rings. The van der Waals surface area contributed by atoms with Crippen molar-refractivity contribution in [1.82, 2.24) is 10.1 Å². The van der Waals surface area contributed by atoms with Crippen molar-refractivity contribution in [3.8, 4) is 11.3 Å². The summed E-state index contributed by atoms with van der Waals surface area (Å²) in [7, 11) is 1.70. The molecule has 0 spiro atoms. The van der Waals surface area contributed by atoms with Crippen molar-refractivity contribution in [1.29, 1.82) is 0 Å². The number of amides is 1. The molecule has 100 valence electrons. The number of rotatable bonds is 4. The van der Waals surface area contributed by atoms with Crippen molar-refractivity contribution in [2.24, 2.45) is 5.73 Å². The summed E-state index contributed by atoms with van der Waals surface area (Å²) >= 11 is 0. The molecular formula is C14H17N3O2. The van der Waals surface area contributed by atoms with E-state index in [1.54, 1.807) is 18.0 Å². The summed E-state index contributed by atoms with van der Waals surface area (Å²) in [5.41, 5.74) is 7.11. The second-order valence-corrected chi connectivity index (χ2v) is 4.44. The minimum absolute atomic E-state index is 0.0437. The second-order valence-electron chi connectivity index (χ2n) is 4.44. The maximum atomic E-state index is 12.1. The maximum Gasteiger partial charge on any atom is 0.292 e. The topological polar surface area (TPSA) is 72.4 Å². The van der Waals surface area contributed by atoms with E-state index in [1.807, 2.05) is 37.3 Å². The number of nitrogens with zero attached hydrogens (tertiary/aromatic N) is 2. The van der Waals surface area contributed by atoms with Gasteiger partial charge in [-0.05, 0) is 6.92 Å². The Balaban J connectivity index is 2.20. The Labute approximate surface area is 112 Å². The third-order valence-corrected chi connectivity index (χ3v) is 3.11. The van der Waals surface area contributed by atoms with Gasteiger partial charge in [-0.1, -0.05) is 35.5 Å². The van der Waals surface area contributed by atoms with Gasteiger partial charge in [-0.3, -0.25) is 4.79 Å². The van der Waals surface area contributed by atoms with Crippen molar-refractivity contribution in [3.63, 3.8) is 0 Å². The summed E-state index contributed by atoms with van der Waals surface area (Å²) in [5, 5.41) is 3.92. The fraction of sp³-hybridized carbons (Fsp3) is 0.286. The fourth-order valence-electron chi connectivity index (χ4n) is 1.65. The first-order chi connectivity index (χ1) is 9.13. The minimum Gasteiger partial charge on any atom is -0.350 e. The number of aromatic nitrogens is 1. The number of carbonyl (C=O) groups excluding carboxylic acids is 1. The minimum atomic E-state index is -0.215. The van der Waals surface area contributed by atoms with Crippen LogP contribution in [-0.4, -0.2) is 35.6 Å². The molecule has 0 bridgehead atoms. The predicted molar refractivity (Wildman–Crippen MR) is 72.5 cm³/mol. The first-order valence-corrected chi connectivity index (χ1v) is 6.13. The van der Waals surface area contributed by atoms with Gasteiger partial charge in [0.2, 0.25) is 5.76 Å². The molecule has 0 fully saturated rings. The number of likely N-dealkylation sites (N-methyl/N-ethyl adjacent to an activating group) is 1. The van der Waals surface area contributed by atoms with Gasteiger partial charge >= 0.3 is 0 Å². The maximum absolute atomic E-state index is 12.1. The number of nitrogens with two attached hydrogens (primary N) is 1. The van der Waals surface area contributed by atoms with Crippen molar-refractivity contribution < 1.29 is 9.32 Å². The van der Waals surface area contributed by atoms with Gasteiger partial charge in [0.25, 0.3) is 5.91 Å². The lowest BCUT2D eigenvalue weighted by Crippen LogP contribution is -2.39. The van der Waals surface area contributed by atoms with Crippen LogP contribution in [0.3, 0.4) is 0 Å². The third kappa shape index (κ3) is 2.82. The highest BCUT2D eigenvalue weighted by atomic mass is 16.5. The standard InChI is InChI=1S/C14H17N3O2/c1-10(9-15)17(2)14(18)13-8-12(16-19-13)11-6-4-3-5-7-11/h3-8,10H,9,15H2,1-2H3. The van der Waals surface area contributed by atoms with Crippen LogP contribution >= 0.6 is 0 Å². The van der Waals surface area contributed by atoms with Crippen molar-refractivity contribution in [3.05, 3.63) is 42.2 Å². The summed E-state index contributed by atoms with van der Waals surface area (Å²) in [6.45, 7) is 2.29. The number of hydrogen-bond acceptors (Lipinski definition) is 4.